The number of carbonyl (C=O) groups is 2. The van der Waals surface area contributed by atoms with Gasteiger partial charge in [-0.1, -0.05) is 24.3 Å². The van der Waals surface area contributed by atoms with Crippen LogP contribution < -0.4 is 15.0 Å². The number of para-hydroxylation sites is 3. The monoisotopic (exact) mass is 436 g/mol. The molecule has 2 aromatic carbocycles. The van der Waals surface area contributed by atoms with Gasteiger partial charge in [0, 0.05) is 16.5 Å². The van der Waals surface area contributed by atoms with E-state index >= 15 is 0 Å². The quantitative estimate of drug-likeness (QED) is 0.748. The zero-order chi connectivity index (χ0) is 17.1. The molecule has 2 amide bonds. The minimum atomic E-state index is -0.543. The van der Waals surface area contributed by atoms with Crippen molar-refractivity contribution in [2.75, 3.05) is 16.8 Å². The van der Waals surface area contributed by atoms with Crippen LogP contribution in [0.2, 0.25) is 0 Å². The van der Waals surface area contributed by atoms with Crippen molar-refractivity contribution in [3.05, 3.63) is 52.1 Å². The standard InChI is InChI=1S/C18H17IN2O3/c1-12-18(23)21(15-8-4-5-9-16(15)24-12)11-10-17(22)20-14-7-3-2-6-13(14)19/h2-9,12H,10-11H2,1H3,(H,20,22)/t12-/m0/s1. The number of nitrogens with zero attached hydrogens (tertiary/aromatic N) is 1. The van der Waals surface area contributed by atoms with Crippen LogP contribution in [0.15, 0.2) is 48.5 Å². The van der Waals surface area contributed by atoms with Crippen LogP contribution in [0, 0.1) is 3.57 Å². The number of halogens is 1. The highest BCUT2D eigenvalue weighted by molar-refractivity contribution is 14.1. The number of carbonyl (C=O) groups excluding carboxylic acids is 2. The normalized spacial score (nSPS) is 16.3. The molecule has 0 spiro atoms. The van der Waals surface area contributed by atoms with E-state index in [2.05, 4.69) is 27.9 Å². The van der Waals surface area contributed by atoms with Gasteiger partial charge in [0.15, 0.2) is 6.10 Å². The molecule has 0 radical (unpaired) electrons. The van der Waals surface area contributed by atoms with E-state index < -0.39 is 6.10 Å². The fourth-order valence-electron chi connectivity index (χ4n) is 2.58. The molecule has 6 heteroatoms. The molecule has 1 N–H and O–H groups in total. The lowest BCUT2D eigenvalue weighted by Crippen LogP contribution is -2.45. The second-order valence-electron chi connectivity index (χ2n) is 5.50. The van der Waals surface area contributed by atoms with Crippen molar-refractivity contribution in [1.82, 2.24) is 0 Å². The van der Waals surface area contributed by atoms with Gasteiger partial charge >= 0.3 is 0 Å². The summed E-state index contributed by atoms with van der Waals surface area (Å²) in [5.74, 6) is 0.418. The zero-order valence-corrected chi connectivity index (χ0v) is 15.3. The molecular formula is C18H17IN2O3. The number of benzene rings is 2. The summed E-state index contributed by atoms with van der Waals surface area (Å²) in [7, 11) is 0. The summed E-state index contributed by atoms with van der Waals surface area (Å²) in [6.45, 7) is 2.04. The Morgan fingerprint density at radius 2 is 1.92 bits per heavy atom. The van der Waals surface area contributed by atoms with Gasteiger partial charge in [0.1, 0.15) is 5.75 Å². The van der Waals surface area contributed by atoms with Crippen LogP contribution in [0.25, 0.3) is 0 Å². The average molecular weight is 436 g/mol. The number of fused-ring (bicyclic) bond motifs is 1. The molecule has 1 atom stereocenters. The molecule has 1 aliphatic rings. The minimum absolute atomic E-state index is 0.122. The molecule has 1 aliphatic heterocycles. The van der Waals surface area contributed by atoms with Crippen LogP contribution in [0.5, 0.6) is 5.75 Å². The van der Waals surface area contributed by atoms with Crippen molar-refractivity contribution in [2.45, 2.75) is 19.4 Å². The second-order valence-corrected chi connectivity index (χ2v) is 6.66. The first-order valence-electron chi connectivity index (χ1n) is 7.67. The summed E-state index contributed by atoms with van der Waals surface area (Å²) in [6.07, 6.45) is -0.323. The number of anilines is 2. The van der Waals surface area contributed by atoms with Crippen molar-refractivity contribution in [1.29, 1.82) is 0 Å². The number of ether oxygens (including phenoxy) is 1. The third kappa shape index (κ3) is 3.53. The minimum Gasteiger partial charge on any atom is -0.479 e. The molecule has 0 aromatic heterocycles. The Bertz CT molecular complexity index is 778. The third-order valence-corrected chi connectivity index (χ3v) is 4.72. The molecule has 3 rings (SSSR count). The molecule has 0 saturated carbocycles. The first-order valence-corrected chi connectivity index (χ1v) is 8.75. The van der Waals surface area contributed by atoms with E-state index in [1.54, 1.807) is 11.8 Å². The van der Waals surface area contributed by atoms with Gasteiger partial charge in [0.05, 0.1) is 11.4 Å². The van der Waals surface area contributed by atoms with Crippen molar-refractivity contribution >= 4 is 45.8 Å². The van der Waals surface area contributed by atoms with Gasteiger partial charge in [-0.15, -0.1) is 0 Å². The third-order valence-electron chi connectivity index (χ3n) is 3.78. The second kappa shape index (κ2) is 7.21. The molecule has 5 nitrogen and oxygen atoms in total. The highest BCUT2D eigenvalue weighted by Gasteiger charge is 2.31. The summed E-state index contributed by atoms with van der Waals surface area (Å²) < 4.78 is 6.58. The number of hydrogen-bond donors (Lipinski definition) is 1. The van der Waals surface area contributed by atoms with Gasteiger partial charge in [-0.25, -0.2) is 0 Å². The number of hydrogen-bond acceptors (Lipinski definition) is 3. The molecule has 0 saturated heterocycles. The van der Waals surface area contributed by atoms with E-state index in [1.165, 1.54) is 0 Å². The van der Waals surface area contributed by atoms with Gasteiger partial charge in [-0.05, 0) is 53.8 Å². The summed E-state index contributed by atoms with van der Waals surface area (Å²) in [4.78, 5) is 26.2. The van der Waals surface area contributed by atoms with Gasteiger partial charge in [-0.3, -0.25) is 9.59 Å². The molecule has 0 fully saturated rings. The summed E-state index contributed by atoms with van der Waals surface area (Å²) in [5.41, 5.74) is 1.49. The van der Waals surface area contributed by atoms with E-state index in [9.17, 15) is 9.59 Å². The topological polar surface area (TPSA) is 58.6 Å². The zero-order valence-electron chi connectivity index (χ0n) is 13.2. The van der Waals surface area contributed by atoms with Crippen molar-refractivity contribution < 1.29 is 14.3 Å². The summed E-state index contributed by atoms with van der Waals surface area (Å²) in [5, 5.41) is 2.88. The predicted octanol–water partition coefficient (Wildman–Crippen LogP) is 3.43. The lowest BCUT2D eigenvalue weighted by Gasteiger charge is -2.32. The van der Waals surface area contributed by atoms with Gasteiger partial charge in [0.25, 0.3) is 5.91 Å². The van der Waals surface area contributed by atoms with Gasteiger partial charge in [-0.2, -0.15) is 0 Å². The fraction of sp³-hybridized carbons (Fsp3) is 0.222. The maximum Gasteiger partial charge on any atom is 0.267 e. The largest absolute Gasteiger partial charge is 0.479 e. The Kier molecular flexibility index (Phi) is 5.03. The van der Waals surface area contributed by atoms with E-state index in [-0.39, 0.29) is 18.2 Å². The van der Waals surface area contributed by atoms with E-state index in [1.807, 2.05) is 48.5 Å². The Hall–Kier alpha value is -2.09. The maximum absolute atomic E-state index is 12.4. The summed E-state index contributed by atoms with van der Waals surface area (Å²) in [6, 6.07) is 15.0. The first kappa shape index (κ1) is 16.8. The summed E-state index contributed by atoms with van der Waals surface area (Å²) >= 11 is 2.18. The molecule has 1 heterocycles. The van der Waals surface area contributed by atoms with Crippen LogP contribution in [-0.2, 0) is 9.59 Å². The Balaban J connectivity index is 1.68. The highest BCUT2D eigenvalue weighted by atomic mass is 127. The van der Waals surface area contributed by atoms with Crippen LogP contribution in [-0.4, -0.2) is 24.5 Å². The number of nitrogens with one attached hydrogen (secondary N) is 1. The predicted molar refractivity (Wildman–Crippen MR) is 101 cm³/mol. The van der Waals surface area contributed by atoms with Crippen molar-refractivity contribution in [2.24, 2.45) is 0 Å². The number of rotatable bonds is 4. The van der Waals surface area contributed by atoms with Crippen LogP contribution in [0.1, 0.15) is 13.3 Å². The van der Waals surface area contributed by atoms with E-state index in [0.717, 1.165) is 9.26 Å². The van der Waals surface area contributed by atoms with Gasteiger partial charge < -0.3 is 15.0 Å². The lowest BCUT2D eigenvalue weighted by atomic mass is 10.1. The molecule has 0 aliphatic carbocycles. The SMILES string of the molecule is C[C@@H]1Oc2ccccc2N(CCC(=O)Nc2ccccc2I)C1=O. The molecule has 0 unspecified atom stereocenters. The molecule has 0 bridgehead atoms. The van der Waals surface area contributed by atoms with E-state index in [4.69, 9.17) is 4.74 Å². The Morgan fingerprint density at radius 1 is 1.21 bits per heavy atom. The van der Waals surface area contributed by atoms with Crippen LogP contribution in [0.4, 0.5) is 11.4 Å². The highest BCUT2D eigenvalue weighted by Crippen LogP contribution is 2.33. The van der Waals surface area contributed by atoms with Crippen molar-refractivity contribution in [3.8, 4) is 5.75 Å². The van der Waals surface area contributed by atoms with E-state index in [0.29, 0.717) is 18.0 Å². The lowest BCUT2D eigenvalue weighted by molar-refractivity contribution is -0.125. The Morgan fingerprint density at radius 3 is 2.71 bits per heavy atom. The number of amides is 2. The smallest absolute Gasteiger partial charge is 0.267 e. The maximum atomic E-state index is 12.4. The molecule has 124 valence electrons. The Labute approximate surface area is 154 Å². The molecular weight excluding hydrogens is 419 g/mol. The van der Waals surface area contributed by atoms with Crippen molar-refractivity contribution in [3.63, 3.8) is 0 Å². The van der Waals surface area contributed by atoms with Gasteiger partial charge in [0.2, 0.25) is 5.91 Å². The molecule has 2 aromatic rings. The fourth-order valence-corrected chi connectivity index (χ4v) is 3.10. The van der Waals surface area contributed by atoms with Crippen LogP contribution in [0.3, 0.4) is 0 Å². The molecule has 24 heavy (non-hydrogen) atoms. The first-order chi connectivity index (χ1) is 11.6. The average Bonchev–Trinajstić information content (AvgIpc) is 2.57. The van der Waals surface area contributed by atoms with Crippen LogP contribution >= 0.6 is 22.6 Å².